The predicted octanol–water partition coefficient (Wildman–Crippen LogP) is -1.88. The quantitative estimate of drug-likeness (QED) is 0.291. The van der Waals surface area contributed by atoms with E-state index in [-0.39, 0.29) is 0 Å². The molecule has 0 unspecified atom stereocenters. The molecule has 0 aromatic heterocycles. The first-order chi connectivity index (χ1) is 7.61. The van der Waals surface area contributed by atoms with Crippen molar-refractivity contribution in [3.8, 4) is 0 Å². The first kappa shape index (κ1) is 14.2. The molecule has 4 N–H and O–H groups in total. The summed E-state index contributed by atoms with van der Waals surface area (Å²) in [5, 5.41) is 37.4. The highest BCUT2D eigenvalue weighted by Crippen LogP contribution is 2.21. The average Bonchev–Trinajstić information content (AvgIpc) is 2.29. The van der Waals surface area contributed by atoms with Crippen molar-refractivity contribution in [2.45, 2.75) is 37.1 Å². The molecule has 0 aliphatic carbocycles. The summed E-state index contributed by atoms with van der Waals surface area (Å²) in [5.74, 6) is 0.636. The van der Waals surface area contributed by atoms with E-state index in [1.165, 1.54) is 0 Å². The fourth-order valence-corrected chi connectivity index (χ4v) is 1.60. The third kappa shape index (κ3) is 3.30. The lowest BCUT2D eigenvalue weighted by atomic mass is 9.99. The molecular formula is C9H18O6S. The van der Waals surface area contributed by atoms with Crippen LogP contribution in [0.15, 0.2) is 0 Å². The van der Waals surface area contributed by atoms with E-state index in [1.807, 2.05) is 0 Å². The van der Waals surface area contributed by atoms with Crippen molar-refractivity contribution in [3.05, 3.63) is 0 Å². The number of hydrogen-bond acceptors (Lipinski definition) is 7. The van der Waals surface area contributed by atoms with Crippen LogP contribution in [0, 0.1) is 0 Å². The van der Waals surface area contributed by atoms with E-state index in [4.69, 9.17) is 14.6 Å². The van der Waals surface area contributed by atoms with E-state index >= 15 is 0 Å². The highest BCUT2D eigenvalue weighted by atomic mass is 32.1. The van der Waals surface area contributed by atoms with Crippen molar-refractivity contribution in [2.75, 3.05) is 19.0 Å². The van der Waals surface area contributed by atoms with Gasteiger partial charge in [-0.25, -0.2) is 0 Å². The van der Waals surface area contributed by atoms with Crippen molar-refractivity contribution in [3.63, 3.8) is 0 Å². The summed E-state index contributed by atoms with van der Waals surface area (Å²) in [5.41, 5.74) is 0. The summed E-state index contributed by atoms with van der Waals surface area (Å²) in [6.45, 7) is -0.121. The van der Waals surface area contributed by atoms with E-state index in [9.17, 15) is 15.3 Å². The van der Waals surface area contributed by atoms with Gasteiger partial charge in [0.2, 0.25) is 0 Å². The Kier molecular flexibility index (Phi) is 5.98. The fourth-order valence-electron chi connectivity index (χ4n) is 1.47. The van der Waals surface area contributed by atoms with Crippen LogP contribution >= 0.6 is 12.6 Å². The van der Waals surface area contributed by atoms with Crippen molar-refractivity contribution in [1.82, 2.24) is 0 Å². The lowest BCUT2D eigenvalue weighted by molar-refractivity contribution is -0.300. The Bertz CT molecular complexity index is 202. The Hall–Kier alpha value is 0.110. The van der Waals surface area contributed by atoms with E-state index in [2.05, 4.69) is 12.6 Å². The van der Waals surface area contributed by atoms with Gasteiger partial charge in [-0.15, -0.1) is 0 Å². The molecule has 0 saturated carbocycles. The van der Waals surface area contributed by atoms with Gasteiger partial charge in [0, 0.05) is 0 Å². The number of aliphatic hydroxyl groups is 4. The van der Waals surface area contributed by atoms with Crippen LogP contribution in [0.4, 0.5) is 0 Å². The van der Waals surface area contributed by atoms with Crippen LogP contribution in [0.2, 0.25) is 0 Å². The molecule has 96 valence electrons. The zero-order valence-electron chi connectivity index (χ0n) is 8.77. The first-order valence-corrected chi connectivity index (χ1v) is 5.78. The Morgan fingerprint density at radius 1 is 1.12 bits per heavy atom. The number of aliphatic hydroxyl groups excluding tert-OH is 4. The van der Waals surface area contributed by atoms with Crippen molar-refractivity contribution < 1.29 is 29.9 Å². The van der Waals surface area contributed by atoms with Gasteiger partial charge in [0.1, 0.15) is 24.4 Å². The van der Waals surface area contributed by atoms with Crippen molar-refractivity contribution in [2.24, 2.45) is 0 Å². The van der Waals surface area contributed by atoms with E-state index < -0.39 is 37.3 Å². The molecule has 5 atom stereocenters. The second-order valence-electron chi connectivity index (χ2n) is 3.65. The van der Waals surface area contributed by atoms with E-state index in [1.54, 1.807) is 0 Å². The molecule has 0 radical (unpaired) electrons. The third-order valence-corrected chi connectivity index (χ3v) is 2.75. The maximum Gasteiger partial charge on any atom is 0.186 e. The van der Waals surface area contributed by atoms with Crippen LogP contribution < -0.4 is 0 Å². The zero-order valence-corrected chi connectivity index (χ0v) is 9.66. The minimum absolute atomic E-state index is 0.326. The van der Waals surface area contributed by atoms with Gasteiger partial charge in [-0.2, -0.15) is 12.6 Å². The molecule has 1 fully saturated rings. The van der Waals surface area contributed by atoms with Gasteiger partial charge in [-0.1, -0.05) is 0 Å². The number of hydrogen-bond donors (Lipinski definition) is 5. The molecule has 1 aliphatic rings. The molecule has 0 bridgehead atoms. The summed E-state index contributed by atoms with van der Waals surface area (Å²) in [6, 6.07) is 0. The lowest BCUT2D eigenvalue weighted by Gasteiger charge is -2.39. The molecule has 7 heteroatoms. The normalized spacial score (nSPS) is 39.9. The van der Waals surface area contributed by atoms with Gasteiger partial charge < -0.3 is 29.9 Å². The minimum Gasteiger partial charge on any atom is -0.394 e. The number of rotatable bonds is 5. The number of thiol groups is 1. The Labute approximate surface area is 99.2 Å². The summed E-state index contributed by atoms with van der Waals surface area (Å²) < 4.78 is 10.3. The molecule has 6 nitrogen and oxygen atoms in total. The summed E-state index contributed by atoms with van der Waals surface area (Å²) >= 11 is 4.00. The van der Waals surface area contributed by atoms with Gasteiger partial charge in [-0.3, -0.25) is 0 Å². The average molecular weight is 254 g/mol. The van der Waals surface area contributed by atoms with Crippen LogP contribution in [0.5, 0.6) is 0 Å². The third-order valence-electron chi connectivity index (χ3n) is 2.43. The van der Waals surface area contributed by atoms with Gasteiger partial charge in [0.15, 0.2) is 6.29 Å². The van der Waals surface area contributed by atoms with Crippen LogP contribution in [0.25, 0.3) is 0 Å². The van der Waals surface area contributed by atoms with E-state index in [0.29, 0.717) is 18.8 Å². The Balaban J connectivity index is 2.50. The molecule has 1 saturated heterocycles. The second kappa shape index (κ2) is 6.75. The maximum atomic E-state index is 9.56. The highest BCUT2D eigenvalue weighted by molar-refractivity contribution is 7.80. The zero-order chi connectivity index (χ0) is 12.1. The van der Waals surface area contributed by atoms with Crippen molar-refractivity contribution >= 4 is 12.6 Å². The molecule has 1 heterocycles. The van der Waals surface area contributed by atoms with Crippen LogP contribution in [-0.2, 0) is 9.47 Å². The topological polar surface area (TPSA) is 99.4 Å². The monoisotopic (exact) mass is 254 g/mol. The van der Waals surface area contributed by atoms with Crippen molar-refractivity contribution in [1.29, 1.82) is 0 Å². The first-order valence-electron chi connectivity index (χ1n) is 5.14. The van der Waals surface area contributed by atoms with E-state index in [0.717, 1.165) is 0 Å². The Morgan fingerprint density at radius 3 is 2.38 bits per heavy atom. The Morgan fingerprint density at radius 2 is 1.81 bits per heavy atom. The smallest absolute Gasteiger partial charge is 0.186 e. The lowest BCUT2D eigenvalue weighted by Crippen LogP contribution is -2.59. The molecular weight excluding hydrogens is 236 g/mol. The summed E-state index contributed by atoms with van der Waals surface area (Å²) in [4.78, 5) is 0. The second-order valence-corrected chi connectivity index (χ2v) is 4.09. The summed E-state index contributed by atoms with van der Waals surface area (Å²) in [7, 11) is 0. The van der Waals surface area contributed by atoms with Crippen LogP contribution in [-0.4, -0.2) is 70.1 Å². The molecule has 16 heavy (non-hydrogen) atoms. The molecule has 0 amide bonds. The fraction of sp³-hybridized carbons (Fsp3) is 1.00. The summed E-state index contributed by atoms with van der Waals surface area (Å²) in [6.07, 6.45) is -5.32. The van der Waals surface area contributed by atoms with Crippen LogP contribution in [0.3, 0.4) is 0 Å². The SMILES string of the molecule is OC[C@H]1O[C@H](OCCCS)[C@H](O)[C@@H](O)[C@H]1O. The molecule has 0 spiro atoms. The van der Waals surface area contributed by atoms with Gasteiger partial charge in [-0.05, 0) is 12.2 Å². The standard InChI is InChI=1S/C9H18O6S/c10-4-5-6(11)7(12)8(13)9(15-5)14-2-1-3-16/h5-13,16H,1-4H2/t5-,6+,7+,8-,9+/m1/s1. The molecule has 0 aromatic carbocycles. The van der Waals surface area contributed by atoms with Gasteiger partial charge >= 0.3 is 0 Å². The highest BCUT2D eigenvalue weighted by Gasteiger charge is 2.43. The largest absolute Gasteiger partial charge is 0.394 e. The molecule has 1 aliphatic heterocycles. The van der Waals surface area contributed by atoms with Gasteiger partial charge in [0.05, 0.1) is 13.2 Å². The predicted molar refractivity (Wildman–Crippen MR) is 58.2 cm³/mol. The minimum atomic E-state index is -1.38. The maximum absolute atomic E-state index is 9.56. The molecule has 0 aromatic rings. The van der Waals surface area contributed by atoms with Gasteiger partial charge in [0.25, 0.3) is 0 Å². The number of ether oxygens (including phenoxy) is 2. The van der Waals surface area contributed by atoms with Crippen LogP contribution in [0.1, 0.15) is 6.42 Å². The molecule has 1 rings (SSSR count).